The van der Waals surface area contributed by atoms with Crippen molar-refractivity contribution in [3.63, 3.8) is 0 Å². The van der Waals surface area contributed by atoms with Gasteiger partial charge >= 0.3 is 6.18 Å². The number of hydrogen-bond acceptors (Lipinski definition) is 1. The zero-order chi connectivity index (χ0) is 15.5. The highest BCUT2D eigenvalue weighted by Crippen LogP contribution is 2.34. The highest BCUT2D eigenvalue weighted by molar-refractivity contribution is 7.80. The summed E-state index contributed by atoms with van der Waals surface area (Å²) < 4.78 is 51.2. The van der Waals surface area contributed by atoms with Crippen LogP contribution in [-0.2, 0) is 6.18 Å². The molecule has 8 heteroatoms. The number of nitrogens with zero attached hydrogens (tertiary/aromatic N) is 1. The molecular weight excluding hydrogens is 316 g/mol. The van der Waals surface area contributed by atoms with E-state index >= 15 is 0 Å². The number of nitrogens with two attached hydrogens (primary N) is 1. The van der Waals surface area contributed by atoms with E-state index in [-0.39, 0.29) is 17.3 Å². The molecule has 0 amide bonds. The van der Waals surface area contributed by atoms with Crippen LogP contribution in [-0.4, -0.2) is 11.7 Å². The second kappa shape index (κ2) is 6.41. The molecule has 0 aliphatic heterocycles. The van der Waals surface area contributed by atoms with Crippen LogP contribution >= 0.6 is 23.8 Å². The number of anilines is 1. The number of thiocarbonyl (C=S) groups is 1. The van der Waals surface area contributed by atoms with Crippen LogP contribution in [0.3, 0.4) is 0 Å². The summed E-state index contributed by atoms with van der Waals surface area (Å²) in [4.78, 5) is 1.19. The van der Waals surface area contributed by atoms with Gasteiger partial charge in [0.1, 0.15) is 5.82 Å². The van der Waals surface area contributed by atoms with Gasteiger partial charge in [0.2, 0.25) is 0 Å². The van der Waals surface area contributed by atoms with Gasteiger partial charge in [-0.05, 0) is 37.3 Å². The molecule has 0 fully saturated rings. The van der Waals surface area contributed by atoms with Gasteiger partial charge in [-0.2, -0.15) is 13.2 Å². The van der Waals surface area contributed by atoms with Crippen molar-refractivity contribution in [3.8, 4) is 0 Å². The van der Waals surface area contributed by atoms with Crippen molar-refractivity contribution < 1.29 is 17.6 Å². The molecule has 1 aromatic rings. The Labute approximate surface area is 123 Å². The lowest BCUT2D eigenvalue weighted by molar-refractivity contribution is -0.139. The molecule has 0 bridgehead atoms. The van der Waals surface area contributed by atoms with E-state index in [9.17, 15) is 17.6 Å². The van der Waals surface area contributed by atoms with Crippen molar-refractivity contribution in [1.29, 1.82) is 0 Å². The van der Waals surface area contributed by atoms with Crippen LogP contribution in [0.4, 0.5) is 23.2 Å². The molecule has 0 aliphatic carbocycles. The lowest BCUT2D eigenvalue weighted by Crippen LogP contribution is -2.36. The maximum Gasteiger partial charge on any atom is 0.419 e. The molecule has 2 N–H and O–H groups in total. The van der Waals surface area contributed by atoms with E-state index in [1.807, 2.05) is 0 Å². The minimum Gasteiger partial charge on any atom is -0.376 e. The van der Waals surface area contributed by atoms with Gasteiger partial charge in [0, 0.05) is 10.7 Å². The first-order valence-corrected chi connectivity index (χ1v) is 6.19. The molecular formula is C12H11ClF4N2S. The van der Waals surface area contributed by atoms with Crippen molar-refractivity contribution in [2.75, 3.05) is 11.4 Å². The van der Waals surface area contributed by atoms with E-state index in [2.05, 4.69) is 0 Å². The zero-order valence-corrected chi connectivity index (χ0v) is 11.9. The fourth-order valence-electron chi connectivity index (χ4n) is 1.44. The standard InChI is InChI=1S/C12H11ClF4N2S/c1-2-7(13)6-19(11(18)20)8-3-4-10(14)9(5-8)12(15,16)17/h2-5H,6H2,1H3,(H2,18,20). The van der Waals surface area contributed by atoms with Gasteiger partial charge in [-0.3, -0.25) is 0 Å². The molecule has 0 atom stereocenters. The summed E-state index contributed by atoms with van der Waals surface area (Å²) in [5.41, 5.74) is 4.10. The second-order valence-corrected chi connectivity index (χ2v) is 4.73. The Bertz CT molecular complexity index is 543. The van der Waals surface area contributed by atoms with Gasteiger partial charge in [0.15, 0.2) is 5.11 Å². The van der Waals surface area contributed by atoms with E-state index < -0.39 is 17.6 Å². The first-order valence-electron chi connectivity index (χ1n) is 5.41. The maximum absolute atomic E-state index is 13.2. The largest absolute Gasteiger partial charge is 0.419 e. The Kier molecular flexibility index (Phi) is 5.35. The SMILES string of the molecule is CC=C(Cl)CN(C(N)=S)c1ccc(F)c(C(F)(F)F)c1. The van der Waals surface area contributed by atoms with Gasteiger partial charge in [-0.25, -0.2) is 4.39 Å². The summed E-state index contributed by atoms with van der Waals surface area (Å²) in [5, 5.41) is 0.181. The average Bonchev–Trinajstić information content (AvgIpc) is 2.34. The Morgan fingerprint density at radius 1 is 1.45 bits per heavy atom. The number of benzene rings is 1. The number of hydrogen-bond donors (Lipinski definition) is 1. The third kappa shape index (κ3) is 4.08. The summed E-state index contributed by atoms with van der Waals surface area (Å²) in [5.74, 6) is -1.36. The monoisotopic (exact) mass is 326 g/mol. The predicted molar refractivity (Wildman–Crippen MR) is 75.1 cm³/mol. The predicted octanol–water partition coefficient (Wildman–Crippen LogP) is 4.04. The van der Waals surface area contributed by atoms with Crippen molar-refractivity contribution in [2.45, 2.75) is 13.1 Å². The first-order chi connectivity index (χ1) is 9.16. The smallest absolute Gasteiger partial charge is 0.376 e. The Morgan fingerprint density at radius 3 is 2.50 bits per heavy atom. The van der Waals surface area contributed by atoms with E-state index in [0.717, 1.165) is 6.07 Å². The lowest BCUT2D eigenvalue weighted by atomic mass is 10.1. The molecule has 1 rings (SSSR count). The summed E-state index contributed by atoms with van der Waals surface area (Å²) >= 11 is 10.6. The maximum atomic E-state index is 13.2. The number of alkyl halides is 3. The molecule has 0 aliphatic rings. The van der Waals surface area contributed by atoms with Crippen LogP contribution in [0, 0.1) is 5.82 Å². The van der Waals surface area contributed by atoms with Gasteiger partial charge < -0.3 is 10.6 Å². The summed E-state index contributed by atoms with van der Waals surface area (Å²) in [6.45, 7) is 1.67. The Morgan fingerprint density at radius 2 is 2.05 bits per heavy atom. The van der Waals surface area contributed by atoms with Crippen LogP contribution in [0.15, 0.2) is 29.3 Å². The van der Waals surface area contributed by atoms with Crippen molar-refractivity contribution in [2.24, 2.45) is 5.73 Å². The molecule has 0 spiro atoms. The van der Waals surface area contributed by atoms with Gasteiger partial charge in [0.25, 0.3) is 0 Å². The normalized spacial score (nSPS) is 12.4. The minimum absolute atomic E-state index is 0.0102. The molecule has 0 aromatic heterocycles. The first kappa shape index (κ1) is 16.7. The van der Waals surface area contributed by atoms with Crippen LogP contribution in [0.25, 0.3) is 0 Å². The van der Waals surface area contributed by atoms with E-state index in [4.69, 9.17) is 29.6 Å². The van der Waals surface area contributed by atoms with Gasteiger partial charge in [-0.1, -0.05) is 17.7 Å². The van der Waals surface area contributed by atoms with Crippen molar-refractivity contribution in [1.82, 2.24) is 0 Å². The highest BCUT2D eigenvalue weighted by Gasteiger charge is 2.34. The number of halogens is 5. The van der Waals surface area contributed by atoms with Crippen LogP contribution in [0.2, 0.25) is 0 Å². The summed E-state index contributed by atoms with van der Waals surface area (Å²) in [6.07, 6.45) is -3.24. The molecule has 0 saturated carbocycles. The molecule has 0 heterocycles. The van der Waals surface area contributed by atoms with Crippen LogP contribution < -0.4 is 10.6 Å². The van der Waals surface area contributed by atoms with E-state index in [1.54, 1.807) is 13.0 Å². The molecule has 0 radical (unpaired) electrons. The molecule has 1 aromatic carbocycles. The van der Waals surface area contributed by atoms with Crippen molar-refractivity contribution in [3.05, 3.63) is 40.7 Å². The third-order valence-corrected chi connectivity index (χ3v) is 3.01. The molecule has 0 unspecified atom stereocenters. The van der Waals surface area contributed by atoms with E-state index in [0.29, 0.717) is 17.2 Å². The Balaban J connectivity index is 3.25. The number of rotatable bonds is 3. The average molecular weight is 327 g/mol. The molecule has 0 saturated heterocycles. The van der Waals surface area contributed by atoms with Gasteiger partial charge in [0.05, 0.1) is 12.1 Å². The fraction of sp³-hybridized carbons (Fsp3) is 0.250. The topological polar surface area (TPSA) is 29.3 Å². The number of allylic oxidation sites excluding steroid dienone is 1. The zero-order valence-electron chi connectivity index (χ0n) is 10.3. The van der Waals surface area contributed by atoms with E-state index in [1.165, 1.54) is 4.90 Å². The Hall–Kier alpha value is -1.34. The van der Waals surface area contributed by atoms with Crippen LogP contribution in [0.1, 0.15) is 12.5 Å². The van der Waals surface area contributed by atoms with Crippen molar-refractivity contribution >= 4 is 34.6 Å². The quantitative estimate of drug-likeness (QED) is 0.671. The second-order valence-electron chi connectivity index (χ2n) is 3.82. The highest BCUT2D eigenvalue weighted by atomic mass is 35.5. The van der Waals surface area contributed by atoms with Gasteiger partial charge in [-0.15, -0.1) is 0 Å². The lowest BCUT2D eigenvalue weighted by Gasteiger charge is -2.23. The van der Waals surface area contributed by atoms with Crippen LogP contribution in [0.5, 0.6) is 0 Å². The molecule has 110 valence electrons. The third-order valence-electron chi connectivity index (χ3n) is 2.46. The molecule has 20 heavy (non-hydrogen) atoms. The summed E-state index contributed by atoms with van der Waals surface area (Å²) in [7, 11) is 0. The summed E-state index contributed by atoms with van der Waals surface area (Å²) in [6, 6.07) is 2.52. The fourth-order valence-corrected chi connectivity index (χ4v) is 1.73. The molecule has 2 nitrogen and oxygen atoms in total. The minimum atomic E-state index is -4.80.